The van der Waals surface area contributed by atoms with Gasteiger partial charge < -0.3 is 5.73 Å². The van der Waals surface area contributed by atoms with Crippen LogP contribution in [0.4, 0.5) is 0 Å². The fourth-order valence-corrected chi connectivity index (χ4v) is 3.01. The summed E-state index contributed by atoms with van der Waals surface area (Å²) in [6.07, 6.45) is 0.716. The summed E-state index contributed by atoms with van der Waals surface area (Å²) in [6, 6.07) is 13.7. The molecule has 1 heterocycles. The molecule has 0 saturated heterocycles. The van der Waals surface area contributed by atoms with Gasteiger partial charge in [0.2, 0.25) is 5.78 Å². The van der Waals surface area contributed by atoms with Crippen LogP contribution in [0.15, 0.2) is 47.8 Å². The van der Waals surface area contributed by atoms with Gasteiger partial charge in [-0.3, -0.25) is 4.79 Å². The highest BCUT2D eigenvalue weighted by atomic mass is 32.1. The van der Waals surface area contributed by atoms with Crippen LogP contribution < -0.4 is 5.73 Å². The molecule has 0 spiro atoms. The number of nitrogens with zero attached hydrogens (tertiary/aromatic N) is 1. The van der Waals surface area contributed by atoms with Crippen LogP contribution >= 0.6 is 11.3 Å². The maximum absolute atomic E-state index is 12.6. The third-order valence-electron chi connectivity index (χ3n) is 3.18. The van der Waals surface area contributed by atoms with E-state index >= 15 is 0 Å². The largest absolute Gasteiger partial charge is 0.330 e. The van der Waals surface area contributed by atoms with Crippen LogP contribution in [0.5, 0.6) is 0 Å². The van der Waals surface area contributed by atoms with Gasteiger partial charge in [-0.15, -0.1) is 11.3 Å². The molecule has 3 aromatic rings. The summed E-state index contributed by atoms with van der Waals surface area (Å²) in [5.74, 6) is -0.0266. The molecular weight excluding hydrogens is 268 g/mol. The Morgan fingerprint density at radius 3 is 2.80 bits per heavy atom. The quantitative estimate of drug-likeness (QED) is 0.748. The van der Waals surface area contributed by atoms with Gasteiger partial charge in [-0.2, -0.15) is 0 Å². The average Bonchev–Trinajstić information content (AvgIpc) is 2.95. The van der Waals surface area contributed by atoms with Crippen LogP contribution in [-0.2, 0) is 6.42 Å². The number of thiazole rings is 1. The smallest absolute Gasteiger partial charge is 0.212 e. The highest BCUT2D eigenvalue weighted by Crippen LogP contribution is 2.22. The average molecular weight is 282 g/mol. The van der Waals surface area contributed by atoms with E-state index < -0.39 is 0 Å². The van der Waals surface area contributed by atoms with Gasteiger partial charge >= 0.3 is 0 Å². The van der Waals surface area contributed by atoms with Gasteiger partial charge in [0.15, 0.2) is 0 Å². The summed E-state index contributed by atoms with van der Waals surface area (Å²) in [7, 11) is 0. The predicted octanol–water partition coefficient (Wildman–Crippen LogP) is 3.03. The van der Waals surface area contributed by atoms with Crippen LogP contribution in [-0.4, -0.2) is 17.3 Å². The molecule has 2 aromatic carbocycles. The monoisotopic (exact) mass is 282 g/mol. The van der Waals surface area contributed by atoms with Crippen LogP contribution in [0.1, 0.15) is 21.1 Å². The molecule has 3 rings (SSSR count). The number of carbonyl (C=O) groups is 1. The number of benzene rings is 2. The molecule has 0 saturated carbocycles. The van der Waals surface area contributed by atoms with E-state index in [0.29, 0.717) is 24.2 Å². The van der Waals surface area contributed by atoms with Crippen LogP contribution in [0.2, 0.25) is 0 Å². The Morgan fingerprint density at radius 2 is 1.95 bits per heavy atom. The number of fused-ring (bicyclic) bond motifs is 1. The zero-order valence-electron chi connectivity index (χ0n) is 10.9. The van der Waals surface area contributed by atoms with Crippen molar-refractivity contribution in [3.63, 3.8) is 0 Å². The fraction of sp³-hybridized carbons (Fsp3) is 0.125. The van der Waals surface area contributed by atoms with Crippen molar-refractivity contribution in [1.29, 1.82) is 0 Å². The third-order valence-corrected chi connectivity index (χ3v) is 4.09. The Hall–Kier alpha value is -2.04. The van der Waals surface area contributed by atoms with Crippen LogP contribution in [0, 0.1) is 0 Å². The lowest BCUT2D eigenvalue weighted by atomic mass is 10.0. The summed E-state index contributed by atoms with van der Waals surface area (Å²) in [6.45, 7) is 0.551. The molecule has 3 nitrogen and oxygen atoms in total. The summed E-state index contributed by atoms with van der Waals surface area (Å²) in [5.41, 5.74) is 6.72. The van der Waals surface area contributed by atoms with Gasteiger partial charge in [-0.1, -0.05) is 42.5 Å². The summed E-state index contributed by atoms with van der Waals surface area (Å²) in [4.78, 5) is 17.0. The first kappa shape index (κ1) is 13.0. The number of hydrogen-bond acceptors (Lipinski definition) is 4. The first-order chi connectivity index (χ1) is 9.79. The Labute approximate surface area is 121 Å². The molecule has 0 fully saturated rings. The second kappa shape index (κ2) is 5.53. The van der Waals surface area contributed by atoms with Crippen molar-refractivity contribution in [1.82, 2.24) is 4.98 Å². The second-order valence-corrected chi connectivity index (χ2v) is 5.46. The van der Waals surface area contributed by atoms with Crippen LogP contribution in [0.25, 0.3) is 10.8 Å². The van der Waals surface area contributed by atoms with E-state index in [1.165, 1.54) is 11.3 Å². The zero-order valence-corrected chi connectivity index (χ0v) is 11.7. The minimum atomic E-state index is -0.0266. The number of nitrogens with two attached hydrogens (primary N) is 1. The van der Waals surface area contributed by atoms with E-state index in [0.717, 1.165) is 15.8 Å². The van der Waals surface area contributed by atoms with Gasteiger partial charge in [0.05, 0.1) is 5.01 Å². The molecule has 0 aliphatic rings. The van der Waals surface area contributed by atoms with Crippen LogP contribution in [0.3, 0.4) is 0 Å². The van der Waals surface area contributed by atoms with Gasteiger partial charge in [-0.25, -0.2) is 4.98 Å². The number of hydrogen-bond donors (Lipinski definition) is 1. The number of rotatable bonds is 4. The normalized spacial score (nSPS) is 10.8. The number of aromatic nitrogens is 1. The Bertz CT molecular complexity index is 759. The Kier molecular flexibility index (Phi) is 3.58. The molecule has 0 atom stereocenters. The first-order valence-corrected chi connectivity index (χ1v) is 7.34. The third kappa shape index (κ3) is 2.35. The van der Waals surface area contributed by atoms with Crippen molar-refractivity contribution in [2.45, 2.75) is 6.42 Å². The van der Waals surface area contributed by atoms with Gasteiger partial charge in [0.25, 0.3) is 0 Å². The van der Waals surface area contributed by atoms with E-state index in [1.54, 1.807) is 0 Å². The second-order valence-electron chi connectivity index (χ2n) is 4.52. The summed E-state index contributed by atoms with van der Waals surface area (Å²) >= 11 is 1.49. The lowest BCUT2D eigenvalue weighted by molar-refractivity contribution is 0.103. The van der Waals surface area contributed by atoms with Gasteiger partial charge in [-0.05, 0) is 17.3 Å². The molecule has 100 valence electrons. The van der Waals surface area contributed by atoms with Crippen molar-refractivity contribution >= 4 is 27.9 Å². The molecule has 0 amide bonds. The molecule has 4 heteroatoms. The molecule has 20 heavy (non-hydrogen) atoms. The zero-order chi connectivity index (χ0) is 13.9. The fourth-order valence-electron chi connectivity index (χ4n) is 2.21. The van der Waals surface area contributed by atoms with E-state index in [-0.39, 0.29) is 5.78 Å². The van der Waals surface area contributed by atoms with Crippen molar-refractivity contribution < 1.29 is 4.79 Å². The summed E-state index contributed by atoms with van der Waals surface area (Å²) in [5, 5.41) is 4.76. The molecule has 0 radical (unpaired) electrons. The van der Waals surface area contributed by atoms with E-state index in [9.17, 15) is 4.79 Å². The minimum Gasteiger partial charge on any atom is -0.330 e. The van der Waals surface area contributed by atoms with Crippen molar-refractivity contribution in [2.24, 2.45) is 5.73 Å². The SMILES string of the molecule is NCCc1nc(C(=O)c2cccc3ccccc23)cs1. The maximum atomic E-state index is 12.6. The lowest BCUT2D eigenvalue weighted by Crippen LogP contribution is -2.05. The van der Waals surface area contributed by atoms with Crippen molar-refractivity contribution in [3.05, 3.63) is 64.1 Å². The predicted molar refractivity (Wildman–Crippen MR) is 82.3 cm³/mol. The standard InChI is InChI=1S/C16H14N2OS/c17-9-8-15-18-14(10-20-15)16(19)13-7-3-5-11-4-1-2-6-12(11)13/h1-7,10H,8-9,17H2. The van der Waals surface area contributed by atoms with E-state index in [4.69, 9.17) is 5.73 Å². The van der Waals surface area contributed by atoms with Gasteiger partial charge in [0, 0.05) is 17.4 Å². The Balaban J connectivity index is 2.03. The van der Waals surface area contributed by atoms with E-state index in [2.05, 4.69) is 4.98 Å². The molecule has 0 aliphatic carbocycles. The summed E-state index contributed by atoms with van der Waals surface area (Å²) < 4.78 is 0. The Morgan fingerprint density at radius 1 is 1.15 bits per heavy atom. The van der Waals surface area contributed by atoms with Crippen molar-refractivity contribution in [3.8, 4) is 0 Å². The topological polar surface area (TPSA) is 56.0 Å². The first-order valence-electron chi connectivity index (χ1n) is 6.46. The van der Waals surface area contributed by atoms with Gasteiger partial charge in [0.1, 0.15) is 5.69 Å². The lowest BCUT2D eigenvalue weighted by Gasteiger charge is -2.03. The highest BCUT2D eigenvalue weighted by molar-refractivity contribution is 7.09. The molecule has 0 unspecified atom stereocenters. The molecule has 0 aliphatic heterocycles. The minimum absolute atomic E-state index is 0.0266. The number of ketones is 1. The highest BCUT2D eigenvalue weighted by Gasteiger charge is 2.15. The van der Waals surface area contributed by atoms with Crippen molar-refractivity contribution in [2.75, 3.05) is 6.54 Å². The molecular formula is C16H14N2OS. The molecule has 1 aromatic heterocycles. The maximum Gasteiger partial charge on any atom is 0.212 e. The molecule has 2 N–H and O–H groups in total. The number of carbonyl (C=O) groups excluding carboxylic acids is 1. The molecule has 0 bridgehead atoms. The van der Waals surface area contributed by atoms with E-state index in [1.807, 2.05) is 47.8 Å².